The van der Waals surface area contributed by atoms with Crippen molar-refractivity contribution < 1.29 is 19.1 Å². The zero-order chi connectivity index (χ0) is 25.6. The molecule has 0 aliphatic carbocycles. The number of nitrogens with zero attached hydrogens (tertiary/aromatic N) is 4. The first kappa shape index (κ1) is 24.2. The standard InChI is InChI=1S/C28H27N5O4/c1-32-18-21(16-30-32)23-14-25(27(34)31-22-8-5-9-29-17-22)26(37-19-20-6-3-2-4-7-20)15-24(23)28(35)33-10-12-36-13-11-33/h2-9,14-18H,10-13,19H2,1H3,(H,31,34). The summed E-state index contributed by atoms with van der Waals surface area (Å²) in [6, 6.07) is 16.5. The summed E-state index contributed by atoms with van der Waals surface area (Å²) in [5.74, 6) is -0.202. The third-order valence-electron chi connectivity index (χ3n) is 6.07. The minimum absolute atomic E-state index is 0.147. The van der Waals surface area contributed by atoms with Gasteiger partial charge in [-0.2, -0.15) is 5.10 Å². The number of hydrogen-bond donors (Lipinski definition) is 1. The summed E-state index contributed by atoms with van der Waals surface area (Å²) in [5, 5.41) is 7.16. The summed E-state index contributed by atoms with van der Waals surface area (Å²) >= 11 is 0. The minimum atomic E-state index is -0.369. The molecule has 0 radical (unpaired) electrons. The lowest BCUT2D eigenvalue weighted by molar-refractivity contribution is 0.0303. The van der Waals surface area contributed by atoms with Crippen LogP contribution < -0.4 is 10.1 Å². The summed E-state index contributed by atoms with van der Waals surface area (Å²) in [4.78, 5) is 33.0. The van der Waals surface area contributed by atoms with Crippen molar-refractivity contribution in [1.29, 1.82) is 0 Å². The number of carbonyl (C=O) groups is 2. The number of carbonyl (C=O) groups excluding carboxylic acids is 2. The van der Waals surface area contributed by atoms with E-state index in [0.717, 1.165) is 11.1 Å². The smallest absolute Gasteiger partial charge is 0.259 e. The van der Waals surface area contributed by atoms with E-state index < -0.39 is 0 Å². The third-order valence-corrected chi connectivity index (χ3v) is 6.07. The topological polar surface area (TPSA) is 98.6 Å². The Bertz CT molecular complexity index is 1380. The van der Waals surface area contributed by atoms with Crippen LogP contribution in [0.1, 0.15) is 26.3 Å². The van der Waals surface area contributed by atoms with Gasteiger partial charge in [0.2, 0.25) is 0 Å². The Labute approximate surface area is 214 Å². The van der Waals surface area contributed by atoms with E-state index in [4.69, 9.17) is 9.47 Å². The van der Waals surface area contributed by atoms with Gasteiger partial charge in [0.25, 0.3) is 11.8 Å². The highest BCUT2D eigenvalue weighted by Gasteiger charge is 2.26. The number of aryl methyl sites for hydroxylation is 1. The highest BCUT2D eigenvalue weighted by atomic mass is 16.5. The van der Waals surface area contributed by atoms with Crippen molar-refractivity contribution in [3.63, 3.8) is 0 Å². The van der Waals surface area contributed by atoms with Gasteiger partial charge in [-0.15, -0.1) is 0 Å². The lowest BCUT2D eigenvalue weighted by Crippen LogP contribution is -2.40. The zero-order valence-corrected chi connectivity index (χ0v) is 20.5. The Balaban J connectivity index is 1.58. The van der Waals surface area contributed by atoms with Gasteiger partial charge < -0.3 is 19.7 Å². The molecule has 0 atom stereocenters. The van der Waals surface area contributed by atoms with Crippen LogP contribution in [0.5, 0.6) is 5.75 Å². The number of nitrogens with one attached hydrogen (secondary N) is 1. The molecule has 0 unspecified atom stereocenters. The number of aromatic nitrogens is 3. The molecule has 1 aliphatic rings. The molecule has 1 aliphatic heterocycles. The van der Waals surface area contributed by atoms with E-state index in [-0.39, 0.29) is 18.4 Å². The first-order valence-corrected chi connectivity index (χ1v) is 12.0. The quantitative estimate of drug-likeness (QED) is 0.417. The maximum Gasteiger partial charge on any atom is 0.259 e. The van der Waals surface area contributed by atoms with Crippen LogP contribution in [-0.2, 0) is 18.4 Å². The average Bonchev–Trinajstić information content (AvgIpc) is 3.38. The van der Waals surface area contributed by atoms with Crippen molar-refractivity contribution in [3.05, 3.63) is 96.1 Å². The Hall–Kier alpha value is -4.50. The number of rotatable bonds is 7. The Morgan fingerprint density at radius 2 is 1.84 bits per heavy atom. The molecule has 1 fully saturated rings. The fraction of sp³-hybridized carbons (Fsp3) is 0.214. The van der Waals surface area contributed by atoms with Gasteiger partial charge >= 0.3 is 0 Å². The molecule has 3 heterocycles. The summed E-state index contributed by atoms with van der Waals surface area (Å²) in [6.45, 7) is 2.20. The molecule has 1 N–H and O–H groups in total. The van der Waals surface area contributed by atoms with E-state index in [1.54, 1.807) is 59.5 Å². The Morgan fingerprint density at radius 1 is 1.03 bits per heavy atom. The summed E-state index contributed by atoms with van der Waals surface area (Å²) in [7, 11) is 1.81. The fourth-order valence-corrected chi connectivity index (χ4v) is 4.16. The lowest BCUT2D eigenvalue weighted by Gasteiger charge is -2.28. The van der Waals surface area contributed by atoms with Crippen LogP contribution in [0.15, 0.2) is 79.4 Å². The van der Waals surface area contributed by atoms with E-state index in [2.05, 4.69) is 15.4 Å². The largest absolute Gasteiger partial charge is 0.488 e. The number of pyridine rings is 1. The lowest BCUT2D eigenvalue weighted by atomic mass is 9.96. The first-order chi connectivity index (χ1) is 18.1. The van der Waals surface area contributed by atoms with Crippen LogP contribution in [0.4, 0.5) is 5.69 Å². The Kier molecular flexibility index (Phi) is 7.23. The predicted molar refractivity (Wildman–Crippen MR) is 138 cm³/mol. The Morgan fingerprint density at radius 3 is 2.54 bits per heavy atom. The third kappa shape index (κ3) is 5.68. The zero-order valence-electron chi connectivity index (χ0n) is 20.5. The van der Waals surface area contributed by atoms with Crippen LogP contribution in [0, 0.1) is 0 Å². The van der Waals surface area contributed by atoms with E-state index in [1.165, 1.54) is 0 Å². The van der Waals surface area contributed by atoms with Crippen molar-refractivity contribution >= 4 is 17.5 Å². The molecule has 0 bridgehead atoms. The van der Waals surface area contributed by atoms with Crippen LogP contribution >= 0.6 is 0 Å². The predicted octanol–water partition coefficient (Wildman–Crippen LogP) is 3.79. The number of morpholine rings is 1. The molecule has 2 amide bonds. The second-order valence-corrected chi connectivity index (χ2v) is 8.67. The van der Waals surface area contributed by atoms with Gasteiger partial charge in [0.05, 0.1) is 42.4 Å². The molecule has 2 aromatic heterocycles. The number of benzene rings is 2. The second kappa shape index (κ2) is 11.0. The normalized spacial score (nSPS) is 13.3. The number of amides is 2. The van der Waals surface area contributed by atoms with E-state index in [9.17, 15) is 9.59 Å². The van der Waals surface area contributed by atoms with Crippen LogP contribution in [0.3, 0.4) is 0 Å². The molecular weight excluding hydrogens is 470 g/mol. The van der Waals surface area contributed by atoms with E-state index in [0.29, 0.717) is 54.4 Å². The summed E-state index contributed by atoms with van der Waals surface area (Å²) < 4.78 is 13.3. The highest BCUT2D eigenvalue weighted by molar-refractivity contribution is 6.09. The van der Waals surface area contributed by atoms with Crippen molar-refractivity contribution in [2.45, 2.75) is 6.61 Å². The number of ether oxygens (including phenoxy) is 2. The van der Waals surface area contributed by atoms with Crippen LogP contribution in [0.25, 0.3) is 11.1 Å². The van der Waals surface area contributed by atoms with Crippen LogP contribution in [-0.4, -0.2) is 57.8 Å². The van der Waals surface area contributed by atoms with Gasteiger partial charge in [0, 0.05) is 38.1 Å². The van der Waals surface area contributed by atoms with Gasteiger partial charge in [-0.25, -0.2) is 0 Å². The summed E-state index contributed by atoms with van der Waals surface area (Å²) in [6.07, 6.45) is 6.70. The van der Waals surface area contributed by atoms with E-state index >= 15 is 0 Å². The molecule has 188 valence electrons. The molecular formula is C28H27N5O4. The van der Waals surface area contributed by atoms with Crippen molar-refractivity contribution in [3.8, 4) is 16.9 Å². The first-order valence-electron chi connectivity index (χ1n) is 12.0. The second-order valence-electron chi connectivity index (χ2n) is 8.67. The molecule has 1 saturated heterocycles. The van der Waals surface area contributed by atoms with E-state index in [1.807, 2.05) is 36.5 Å². The monoisotopic (exact) mass is 497 g/mol. The van der Waals surface area contributed by atoms with Gasteiger partial charge in [-0.1, -0.05) is 30.3 Å². The van der Waals surface area contributed by atoms with Crippen molar-refractivity contribution in [1.82, 2.24) is 19.7 Å². The van der Waals surface area contributed by atoms with Gasteiger partial charge in [-0.05, 0) is 35.4 Å². The SMILES string of the molecule is Cn1cc(-c2cc(C(=O)Nc3cccnc3)c(OCc3ccccc3)cc2C(=O)N2CCOCC2)cn1. The average molecular weight is 498 g/mol. The van der Waals surface area contributed by atoms with Gasteiger partial charge in [0.1, 0.15) is 12.4 Å². The molecule has 0 spiro atoms. The van der Waals surface area contributed by atoms with Crippen molar-refractivity contribution in [2.75, 3.05) is 31.6 Å². The molecule has 9 nitrogen and oxygen atoms in total. The summed E-state index contributed by atoms with van der Waals surface area (Å²) in [5.41, 5.74) is 3.57. The van der Waals surface area contributed by atoms with Gasteiger partial charge in [0.15, 0.2) is 0 Å². The minimum Gasteiger partial charge on any atom is -0.488 e. The molecule has 9 heteroatoms. The molecule has 37 heavy (non-hydrogen) atoms. The molecule has 0 saturated carbocycles. The molecule has 2 aromatic carbocycles. The maximum absolute atomic E-state index is 13.7. The van der Waals surface area contributed by atoms with Crippen LogP contribution in [0.2, 0.25) is 0 Å². The van der Waals surface area contributed by atoms with Gasteiger partial charge in [-0.3, -0.25) is 19.3 Å². The molecule has 5 rings (SSSR count). The molecule has 4 aromatic rings. The number of anilines is 1. The maximum atomic E-state index is 13.7. The van der Waals surface area contributed by atoms with Crippen molar-refractivity contribution in [2.24, 2.45) is 7.05 Å². The number of hydrogen-bond acceptors (Lipinski definition) is 6. The highest BCUT2D eigenvalue weighted by Crippen LogP contribution is 2.33. The fourth-order valence-electron chi connectivity index (χ4n) is 4.16.